The Hall–Kier alpha value is -2.42. The van der Waals surface area contributed by atoms with Gasteiger partial charge in [-0.2, -0.15) is 0 Å². The largest absolute Gasteiger partial charge is 0.492 e. The van der Waals surface area contributed by atoms with Gasteiger partial charge in [-0.05, 0) is 48.9 Å². The number of hydrogen-bond acceptors (Lipinski definition) is 2. The van der Waals surface area contributed by atoms with Gasteiger partial charge < -0.3 is 15.0 Å². The quantitative estimate of drug-likeness (QED) is 0.733. The Morgan fingerprint density at radius 1 is 1.10 bits per heavy atom. The molecule has 0 amide bonds. The molecule has 0 fully saturated rings. The number of rotatable bonds is 4. The molecule has 0 unspecified atom stereocenters. The molecule has 102 valence electrons. The zero-order valence-electron chi connectivity index (χ0n) is 11.5. The summed E-state index contributed by atoms with van der Waals surface area (Å²) >= 11 is 0. The third kappa shape index (κ3) is 2.62. The van der Waals surface area contributed by atoms with Crippen molar-refractivity contribution in [2.75, 3.05) is 12.3 Å². The molecular formula is C17H18N2O. The van der Waals surface area contributed by atoms with Crippen LogP contribution in [0.2, 0.25) is 0 Å². The van der Waals surface area contributed by atoms with Crippen LogP contribution >= 0.6 is 0 Å². The number of nitrogens with zero attached hydrogens (tertiary/aromatic N) is 1. The molecule has 3 rings (SSSR count). The van der Waals surface area contributed by atoms with E-state index >= 15 is 0 Å². The highest BCUT2D eigenvalue weighted by molar-refractivity contribution is 5.83. The van der Waals surface area contributed by atoms with Gasteiger partial charge >= 0.3 is 0 Å². The Labute approximate surface area is 118 Å². The molecule has 20 heavy (non-hydrogen) atoms. The predicted octanol–water partition coefficient (Wildman–Crippen LogP) is 3.61. The number of nitrogen functional groups attached to an aromatic ring is 1. The van der Waals surface area contributed by atoms with E-state index in [4.69, 9.17) is 10.5 Å². The van der Waals surface area contributed by atoms with Crippen molar-refractivity contribution in [3.05, 3.63) is 60.3 Å². The van der Waals surface area contributed by atoms with E-state index in [2.05, 4.69) is 42.0 Å². The van der Waals surface area contributed by atoms with E-state index in [0.29, 0.717) is 6.61 Å². The fraction of sp³-hybridized carbons (Fsp3) is 0.176. The molecule has 0 spiro atoms. The lowest BCUT2D eigenvalue weighted by Crippen LogP contribution is -2.07. The number of ether oxygens (including phenoxy) is 1. The van der Waals surface area contributed by atoms with Crippen LogP contribution in [-0.2, 0) is 6.54 Å². The molecule has 2 aromatic carbocycles. The molecule has 3 heteroatoms. The average Bonchev–Trinajstić information content (AvgIpc) is 2.81. The van der Waals surface area contributed by atoms with Gasteiger partial charge in [0, 0.05) is 22.8 Å². The minimum absolute atomic E-state index is 0.650. The van der Waals surface area contributed by atoms with E-state index in [9.17, 15) is 0 Å². The van der Waals surface area contributed by atoms with Crippen LogP contribution in [0.15, 0.2) is 54.7 Å². The molecule has 3 aromatic rings. The van der Waals surface area contributed by atoms with E-state index in [0.717, 1.165) is 18.0 Å². The van der Waals surface area contributed by atoms with Crippen molar-refractivity contribution >= 4 is 16.6 Å². The second-order valence-electron chi connectivity index (χ2n) is 4.99. The molecule has 0 aliphatic rings. The summed E-state index contributed by atoms with van der Waals surface area (Å²) in [5, 5.41) is 1.17. The monoisotopic (exact) mass is 266 g/mol. The molecule has 0 saturated heterocycles. The summed E-state index contributed by atoms with van der Waals surface area (Å²) in [5.41, 5.74) is 8.99. The molecule has 2 N–H and O–H groups in total. The van der Waals surface area contributed by atoms with E-state index < -0.39 is 0 Å². The first-order chi connectivity index (χ1) is 9.72. The lowest BCUT2D eigenvalue weighted by atomic mass is 10.2. The van der Waals surface area contributed by atoms with Gasteiger partial charge in [-0.1, -0.05) is 12.1 Å². The van der Waals surface area contributed by atoms with Gasteiger partial charge in [0.25, 0.3) is 0 Å². The Morgan fingerprint density at radius 3 is 2.85 bits per heavy atom. The zero-order valence-corrected chi connectivity index (χ0v) is 11.5. The highest BCUT2D eigenvalue weighted by Gasteiger charge is 2.01. The van der Waals surface area contributed by atoms with Crippen LogP contribution in [0, 0.1) is 6.92 Å². The first-order valence-corrected chi connectivity index (χ1v) is 6.76. The number of nitrogens with two attached hydrogens (primary N) is 1. The topological polar surface area (TPSA) is 40.2 Å². The number of fused-ring (bicyclic) bond motifs is 1. The maximum atomic E-state index is 5.79. The minimum atomic E-state index is 0.650. The van der Waals surface area contributed by atoms with E-state index in [1.807, 2.05) is 24.3 Å². The van der Waals surface area contributed by atoms with Gasteiger partial charge in [-0.15, -0.1) is 0 Å². The minimum Gasteiger partial charge on any atom is -0.492 e. The summed E-state index contributed by atoms with van der Waals surface area (Å²) in [5.74, 6) is 0.922. The van der Waals surface area contributed by atoms with Gasteiger partial charge in [0.05, 0.1) is 6.54 Å². The first kappa shape index (κ1) is 12.6. The van der Waals surface area contributed by atoms with Crippen molar-refractivity contribution in [2.45, 2.75) is 13.5 Å². The van der Waals surface area contributed by atoms with Crippen LogP contribution in [0.1, 0.15) is 5.56 Å². The number of aromatic nitrogens is 1. The van der Waals surface area contributed by atoms with Crippen molar-refractivity contribution in [3.63, 3.8) is 0 Å². The third-order valence-corrected chi connectivity index (χ3v) is 3.39. The molecule has 0 saturated carbocycles. The van der Waals surface area contributed by atoms with Crippen molar-refractivity contribution in [3.8, 4) is 5.75 Å². The Morgan fingerprint density at radius 2 is 2.00 bits per heavy atom. The van der Waals surface area contributed by atoms with Gasteiger partial charge in [0.15, 0.2) is 0 Å². The number of anilines is 1. The molecule has 1 aromatic heterocycles. The molecule has 0 radical (unpaired) electrons. The van der Waals surface area contributed by atoms with Gasteiger partial charge in [-0.3, -0.25) is 0 Å². The molecule has 3 nitrogen and oxygen atoms in total. The molecule has 1 heterocycles. The van der Waals surface area contributed by atoms with Crippen LogP contribution < -0.4 is 10.5 Å². The van der Waals surface area contributed by atoms with Crippen molar-refractivity contribution < 1.29 is 4.74 Å². The van der Waals surface area contributed by atoms with E-state index in [1.165, 1.54) is 16.5 Å². The maximum absolute atomic E-state index is 5.79. The first-order valence-electron chi connectivity index (χ1n) is 6.76. The molecule has 0 atom stereocenters. The lowest BCUT2D eigenvalue weighted by molar-refractivity contribution is 0.300. The summed E-state index contributed by atoms with van der Waals surface area (Å²) in [4.78, 5) is 0. The highest BCUT2D eigenvalue weighted by Crippen LogP contribution is 2.19. The van der Waals surface area contributed by atoms with Gasteiger partial charge in [0.2, 0.25) is 0 Å². The average molecular weight is 266 g/mol. The maximum Gasteiger partial charge on any atom is 0.119 e. The standard InChI is InChI=1S/C17H18N2O/c1-13-3-2-4-16(11-13)20-10-9-19-8-7-14-12-15(18)5-6-17(14)19/h2-8,11-12H,9-10,18H2,1H3. The van der Waals surface area contributed by atoms with E-state index in [-0.39, 0.29) is 0 Å². The highest BCUT2D eigenvalue weighted by atomic mass is 16.5. The fourth-order valence-corrected chi connectivity index (χ4v) is 2.38. The van der Waals surface area contributed by atoms with Crippen molar-refractivity contribution in [1.29, 1.82) is 0 Å². The van der Waals surface area contributed by atoms with Gasteiger partial charge in [-0.25, -0.2) is 0 Å². The molecular weight excluding hydrogens is 248 g/mol. The fourth-order valence-electron chi connectivity index (χ4n) is 2.38. The smallest absolute Gasteiger partial charge is 0.119 e. The van der Waals surface area contributed by atoms with Crippen LogP contribution in [-0.4, -0.2) is 11.2 Å². The summed E-state index contributed by atoms with van der Waals surface area (Å²) in [7, 11) is 0. The Balaban J connectivity index is 1.68. The molecule has 0 bridgehead atoms. The second-order valence-corrected chi connectivity index (χ2v) is 4.99. The van der Waals surface area contributed by atoms with Crippen LogP contribution in [0.4, 0.5) is 5.69 Å². The number of hydrogen-bond donors (Lipinski definition) is 1. The summed E-state index contributed by atoms with van der Waals surface area (Å²) in [6, 6.07) is 16.2. The zero-order chi connectivity index (χ0) is 13.9. The Bertz CT molecular complexity index is 731. The van der Waals surface area contributed by atoms with Gasteiger partial charge in [0.1, 0.15) is 12.4 Å². The molecule has 0 aliphatic carbocycles. The van der Waals surface area contributed by atoms with Crippen LogP contribution in [0.25, 0.3) is 10.9 Å². The second kappa shape index (κ2) is 5.29. The molecule has 0 aliphatic heterocycles. The predicted molar refractivity (Wildman–Crippen MR) is 83.0 cm³/mol. The number of benzene rings is 2. The third-order valence-electron chi connectivity index (χ3n) is 3.39. The lowest BCUT2D eigenvalue weighted by Gasteiger charge is -2.09. The van der Waals surface area contributed by atoms with E-state index in [1.54, 1.807) is 0 Å². The van der Waals surface area contributed by atoms with Crippen LogP contribution in [0.5, 0.6) is 5.75 Å². The number of aryl methyl sites for hydroxylation is 1. The summed E-state index contributed by atoms with van der Waals surface area (Å²) in [6.45, 7) is 3.54. The van der Waals surface area contributed by atoms with Crippen molar-refractivity contribution in [1.82, 2.24) is 4.57 Å². The van der Waals surface area contributed by atoms with Crippen LogP contribution in [0.3, 0.4) is 0 Å². The summed E-state index contributed by atoms with van der Waals surface area (Å²) in [6.07, 6.45) is 2.07. The van der Waals surface area contributed by atoms with Crippen molar-refractivity contribution in [2.24, 2.45) is 0 Å². The Kier molecular flexibility index (Phi) is 3.33. The normalized spacial score (nSPS) is 10.8. The summed E-state index contributed by atoms with van der Waals surface area (Å²) < 4.78 is 7.97. The SMILES string of the molecule is Cc1cccc(OCCn2ccc3cc(N)ccc32)c1.